The lowest BCUT2D eigenvalue weighted by Crippen LogP contribution is -2.15. The first-order valence-corrected chi connectivity index (χ1v) is 6.79. The Bertz CT molecular complexity index is 408. The van der Waals surface area contributed by atoms with Crippen LogP contribution in [0.15, 0.2) is 28.7 Å². The van der Waals surface area contributed by atoms with Crippen molar-refractivity contribution >= 4 is 23.5 Å². The predicted octanol–water partition coefficient (Wildman–Crippen LogP) is 3.72. The van der Waals surface area contributed by atoms with Crippen LogP contribution in [0.5, 0.6) is 0 Å². The van der Waals surface area contributed by atoms with Crippen molar-refractivity contribution in [2.75, 3.05) is 6.61 Å². The lowest BCUT2D eigenvalue weighted by Gasteiger charge is -2.21. The Labute approximate surface area is 100 Å². The topological polar surface area (TPSA) is 46.5 Å². The molecule has 16 heavy (non-hydrogen) atoms. The van der Waals surface area contributed by atoms with Crippen LogP contribution in [0.1, 0.15) is 12.5 Å². The van der Waals surface area contributed by atoms with Crippen LogP contribution < -0.4 is 0 Å². The molecule has 0 heterocycles. The summed E-state index contributed by atoms with van der Waals surface area (Å²) in [5, 5.41) is 0. The second kappa shape index (κ2) is 4.92. The number of alkyl halides is 2. The van der Waals surface area contributed by atoms with Gasteiger partial charge in [-0.15, -0.1) is 0 Å². The van der Waals surface area contributed by atoms with Crippen LogP contribution in [0.25, 0.3) is 0 Å². The van der Waals surface area contributed by atoms with Gasteiger partial charge < -0.3 is 9.42 Å². The number of hydrogen-bond donors (Lipinski definition) is 1. The lowest BCUT2D eigenvalue weighted by atomic mass is 10.2. The summed E-state index contributed by atoms with van der Waals surface area (Å²) in [5.74, 6) is 0. The predicted molar refractivity (Wildman–Crippen MR) is 59.5 cm³/mol. The molecule has 0 spiro atoms. The molecular formula is C9H10BrF2O3P. The molecule has 3 nitrogen and oxygen atoms in total. The Morgan fingerprint density at radius 2 is 1.94 bits per heavy atom. The van der Waals surface area contributed by atoms with Crippen LogP contribution >= 0.6 is 23.5 Å². The summed E-state index contributed by atoms with van der Waals surface area (Å²) < 4.78 is 43.3. The number of halogens is 3. The third-order valence-corrected chi connectivity index (χ3v) is 3.96. The molecule has 1 aromatic rings. The van der Waals surface area contributed by atoms with Crippen LogP contribution in [-0.2, 0) is 14.8 Å². The number of rotatable bonds is 4. The molecule has 0 bridgehead atoms. The Kier molecular flexibility index (Phi) is 4.23. The second-order valence-corrected chi connectivity index (χ2v) is 5.76. The summed E-state index contributed by atoms with van der Waals surface area (Å²) in [6, 6.07) is 4.89. The molecule has 7 heteroatoms. The maximum Gasteiger partial charge on any atom is 0.401 e. The molecule has 1 rings (SSSR count). The normalized spacial score (nSPS) is 15.8. The van der Waals surface area contributed by atoms with Crippen LogP contribution in [0.4, 0.5) is 8.78 Å². The maximum absolute atomic E-state index is 13.6. The minimum absolute atomic E-state index is 0.250. The fourth-order valence-corrected chi connectivity index (χ4v) is 2.32. The van der Waals surface area contributed by atoms with Gasteiger partial charge in [0.1, 0.15) is 0 Å². The van der Waals surface area contributed by atoms with Crippen LogP contribution in [0.3, 0.4) is 0 Å². The second-order valence-electron chi connectivity index (χ2n) is 2.99. The van der Waals surface area contributed by atoms with E-state index in [2.05, 4.69) is 20.5 Å². The van der Waals surface area contributed by atoms with E-state index in [-0.39, 0.29) is 6.61 Å². The van der Waals surface area contributed by atoms with E-state index in [4.69, 9.17) is 4.89 Å². The van der Waals surface area contributed by atoms with E-state index in [1.165, 1.54) is 19.1 Å². The highest BCUT2D eigenvalue weighted by Gasteiger charge is 2.52. The van der Waals surface area contributed by atoms with Gasteiger partial charge in [-0.1, -0.05) is 28.1 Å². The van der Waals surface area contributed by atoms with Gasteiger partial charge in [0.05, 0.1) is 6.61 Å². The van der Waals surface area contributed by atoms with Gasteiger partial charge in [-0.3, -0.25) is 4.57 Å². The SMILES string of the molecule is CCOP(=O)(O)C(F)(F)c1ccc(Br)cc1. The molecule has 1 unspecified atom stereocenters. The Morgan fingerprint density at radius 1 is 1.44 bits per heavy atom. The third-order valence-electron chi connectivity index (χ3n) is 1.85. The minimum atomic E-state index is -4.98. The molecule has 90 valence electrons. The molecule has 0 radical (unpaired) electrons. The van der Waals surface area contributed by atoms with Gasteiger partial charge in [-0.05, 0) is 19.1 Å². The van der Waals surface area contributed by atoms with Crippen molar-refractivity contribution in [2.45, 2.75) is 12.6 Å². The fourth-order valence-electron chi connectivity index (χ4n) is 1.07. The molecule has 1 N–H and O–H groups in total. The largest absolute Gasteiger partial charge is 0.401 e. The summed E-state index contributed by atoms with van der Waals surface area (Å²) in [5.41, 5.74) is -4.45. The van der Waals surface area contributed by atoms with Gasteiger partial charge in [0, 0.05) is 10.0 Å². The highest BCUT2D eigenvalue weighted by atomic mass is 79.9. The molecule has 0 aromatic heterocycles. The quantitative estimate of drug-likeness (QED) is 0.862. The first kappa shape index (κ1) is 13.8. The van der Waals surface area contributed by atoms with E-state index in [9.17, 15) is 13.3 Å². The number of hydrogen-bond acceptors (Lipinski definition) is 2. The third kappa shape index (κ3) is 2.69. The van der Waals surface area contributed by atoms with Crippen molar-refractivity contribution in [3.05, 3.63) is 34.3 Å². The molecule has 0 aliphatic heterocycles. The summed E-state index contributed by atoms with van der Waals surface area (Å²) in [4.78, 5) is 9.14. The van der Waals surface area contributed by atoms with Crippen molar-refractivity contribution in [1.29, 1.82) is 0 Å². The lowest BCUT2D eigenvalue weighted by molar-refractivity contribution is 0.0466. The molecule has 0 amide bonds. The van der Waals surface area contributed by atoms with E-state index in [1.54, 1.807) is 0 Å². The Hall–Kier alpha value is -0.290. The van der Waals surface area contributed by atoms with Crippen molar-refractivity contribution in [3.8, 4) is 0 Å². The van der Waals surface area contributed by atoms with Gasteiger partial charge in [0.25, 0.3) is 0 Å². The zero-order valence-electron chi connectivity index (χ0n) is 8.36. The Morgan fingerprint density at radius 3 is 2.38 bits per heavy atom. The van der Waals surface area contributed by atoms with Crippen molar-refractivity contribution in [3.63, 3.8) is 0 Å². The van der Waals surface area contributed by atoms with Gasteiger partial charge in [0.15, 0.2) is 0 Å². The van der Waals surface area contributed by atoms with Gasteiger partial charge in [-0.2, -0.15) is 8.78 Å². The van der Waals surface area contributed by atoms with Gasteiger partial charge in [0.2, 0.25) is 0 Å². The molecular weight excluding hydrogens is 305 g/mol. The molecule has 0 aliphatic rings. The molecule has 0 saturated heterocycles. The summed E-state index contributed by atoms with van der Waals surface area (Å²) in [7, 11) is -4.98. The molecule has 0 fully saturated rings. The van der Waals surface area contributed by atoms with E-state index < -0.39 is 18.8 Å². The zero-order chi connectivity index (χ0) is 12.4. The highest BCUT2D eigenvalue weighted by Crippen LogP contribution is 2.62. The maximum atomic E-state index is 13.6. The van der Waals surface area contributed by atoms with Gasteiger partial charge in [-0.25, -0.2) is 0 Å². The summed E-state index contributed by atoms with van der Waals surface area (Å²) >= 11 is 3.09. The smallest absolute Gasteiger partial charge is 0.320 e. The standard InChI is InChI=1S/C9H10BrF2O3P/c1-2-15-16(13,14)9(11,12)7-3-5-8(10)6-4-7/h3-6H,2H2,1H3,(H,13,14). The Balaban J connectivity index is 3.10. The monoisotopic (exact) mass is 314 g/mol. The molecule has 0 aliphatic carbocycles. The van der Waals surface area contributed by atoms with Crippen LogP contribution in [-0.4, -0.2) is 11.5 Å². The van der Waals surface area contributed by atoms with Crippen molar-refractivity contribution in [1.82, 2.24) is 0 Å². The number of benzene rings is 1. The fraction of sp³-hybridized carbons (Fsp3) is 0.333. The average molecular weight is 315 g/mol. The highest BCUT2D eigenvalue weighted by molar-refractivity contribution is 9.10. The molecule has 1 aromatic carbocycles. The molecule has 0 saturated carbocycles. The summed E-state index contributed by atoms with van der Waals surface area (Å²) in [6.07, 6.45) is 0. The van der Waals surface area contributed by atoms with Crippen molar-refractivity contribution in [2.24, 2.45) is 0 Å². The minimum Gasteiger partial charge on any atom is -0.320 e. The van der Waals surface area contributed by atoms with E-state index >= 15 is 0 Å². The van der Waals surface area contributed by atoms with E-state index in [0.29, 0.717) is 4.47 Å². The van der Waals surface area contributed by atoms with E-state index in [0.717, 1.165) is 12.1 Å². The first-order chi connectivity index (χ1) is 7.31. The first-order valence-electron chi connectivity index (χ1n) is 4.42. The van der Waals surface area contributed by atoms with Crippen LogP contribution in [0.2, 0.25) is 0 Å². The van der Waals surface area contributed by atoms with Gasteiger partial charge >= 0.3 is 13.3 Å². The zero-order valence-corrected chi connectivity index (χ0v) is 10.8. The van der Waals surface area contributed by atoms with E-state index in [1.807, 2.05) is 0 Å². The van der Waals surface area contributed by atoms with Crippen LogP contribution in [0, 0.1) is 0 Å². The summed E-state index contributed by atoms with van der Waals surface area (Å²) in [6.45, 7) is 1.13. The van der Waals surface area contributed by atoms with Crippen molar-refractivity contribution < 1.29 is 22.8 Å². The average Bonchev–Trinajstić information content (AvgIpc) is 2.18. The molecule has 1 atom stereocenters.